The molecule has 0 bridgehead atoms. The van der Waals surface area contributed by atoms with Crippen LogP contribution in [0.3, 0.4) is 0 Å². The molecule has 1 saturated carbocycles. The lowest BCUT2D eigenvalue weighted by molar-refractivity contribution is 0.378. The van der Waals surface area contributed by atoms with Crippen molar-refractivity contribution in [2.45, 2.75) is 42.5 Å². The van der Waals surface area contributed by atoms with Gasteiger partial charge in [0.1, 0.15) is 11.3 Å². The molecular weight excluding hydrogens is 286 g/mol. The number of benzene rings is 1. The molecule has 1 heterocycles. The largest absolute Gasteiger partial charge is 0.331 e. The van der Waals surface area contributed by atoms with Crippen LogP contribution in [0.25, 0.3) is 11.0 Å². The van der Waals surface area contributed by atoms with E-state index in [9.17, 15) is 8.42 Å². The summed E-state index contributed by atoms with van der Waals surface area (Å²) in [6.07, 6.45) is 5.39. The third-order valence-electron chi connectivity index (χ3n) is 4.39. The molecule has 0 saturated heterocycles. The number of fused-ring (bicyclic) bond motifs is 1. The number of sulfone groups is 1. The average Bonchev–Trinajstić information content (AvgIpc) is 2.75. The van der Waals surface area contributed by atoms with Crippen LogP contribution in [0.5, 0.6) is 0 Å². The Labute approximate surface area is 125 Å². The molecule has 3 rings (SSSR count). The molecule has 6 heteroatoms. The summed E-state index contributed by atoms with van der Waals surface area (Å²) in [4.78, 5) is 4.97. The number of nitrogens with two attached hydrogens (primary N) is 1. The van der Waals surface area contributed by atoms with E-state index < -0.39 is 9.84 Å². The second-order valence-corrected chi connectivity index (χ2v) is 8.03. The van der Waals surface area contributed by atoms with E-state index in [1.807, 2.05) is 17.7 Å². The van der Waals surface area contributed by atoms with Gasteiger partial charge in [-0.25, -0.2) is 13.4 Å². The van der Waals surface area contributed by atoms with Gasteiger partial charge in [-0.15, -0.1) is 0 Å². The zero-order valence-electron chi connectivity index (χ0n) is 12.4. The Morgan fingerprint density at radius 1 is 1.33 bits per heavy atom. The molecule has 2 aromatic rings. The molecule has 1 aromatic heterocycles. The maximum Gasteiger partial charge on any atom is 0.177 e. The van der Waals surface area contributed by atoms with Crippen LogP contribution in [0.4, 0.5) is 0 Å². The molecule has 2 unspecified atom stereocenters. The zero-order valence-corrected chi connectivity index (χ0v) is 13.2. The first kappa shape index (κ1) is 14.5. The summed E-state index contributed by atoms with van der Waals surface area (Å²) in [5, 5.41) is 0. The van der Waals surface area contributed by atoms with Gasteiger partial charge in [0, 0.05) is 25.3 Å². The van der Waals surface area contributed by atoms with Crippen LogP contribution in [0.1, 0.15) is 37.4 Å². The summed E-state index contributed by atoms with van der Waals surface area (Å²) >= 11 is 0. The molecule has 5 nitrogen and oxygen atoms in total. The van der Waals surface area contributed by atoms with Crippen LogP contribution in [0.15, 0.2) is 23.1 Å². The number of para-hydroxylation sites is 1. The van der Waals surface area contributed by atoms with Gasteiger partial charge in [0.05, 0.1) is 10.4 Å². The van der Waals surface area contributed by atoms with E-state index in [4.69, 9.17) is 5.73 Å². The predicted octanol–water partition coefficient (Wildman–Crippen LogP) is 1.96. The van der Waals surface area contributed by atoms with E-state index in [2.05, 4.69) is 4.98 Å². The Morgan fingerprint density at radius 3 is 2.76 bits per heavy atom. The van der Waals surface area contributed by atoms with Crippen molar-refractivity contribution >= 4 is 20.9 Å². The van der Waals surface area contributed by atoms with Gasteiger partial charge in [0.25, 0.3) is 0 Å². The van der Waals surface area contributed by atoms with Crippen LogP contribution in [0, 0.1) is 0 Å². The lowest BCUT2D eigenvalue weighted by Crippen LogP contribution is -2.27. The summed E-state index contributed by atoms with van der Waals surface area (Å²) in [6, 6.07) is 5.54. The van der Waals surface area contributed by atoms with Crippen LogP contribution < -0.4 is 5.73 Å². The van der Waals surface area contributed by atoms with Gasteiger partial charge < -0.3 is 10.3 Å². The van der Waals surface area contributed by atoms with Crippen molar-refractivity contribution in [2.75, 3.05) is 6.26 Å². The number of hydrogen-bond donors (Lipinski definition) is 1. The highest BCUT2D eigenvalue weighted by molar-refractivity contribution is 7.91. The molecular formula is C15H21N3O2S. The van der Waals surface area contributed by atoms with E-state index in [0.717, 1.165) is 37.0 Å². The van der Waals surface area contributed by atoms with Gasteiger partial charge in [-0.05, 0) is 31.4 Å². The molecule has 21 heavy (non-hydrogen) atoms. The predicted molar refractivity (Wildman–Crippen MR) is 83.0 cm³/mol. The molecule has 1 fully saturated rings. The van der Waals surface area contributed by atoms with Crippen molar-refractivity contribution in [3.05, 3.63) is 24.0 Å². The van der Waals surface area contributed by atoms with Crippen LogP contribution in [-0.4, -0.2) is 30.3 Å². The van der Waals surface area contributed by atoms with Gasteiger partial charge in [-0.1, -0.05) is 12.5 Å². The van der Waals surface area contributed by atoms with Crippen molar-refractivity contribution in [1.82, 2.24) is 9.55 Å². The van der Waals surface area contributed by atoms with Crippen molar-refractivity contribution in [3.8, 4) is 0 Å². The van der Waals surface area contributed by atoms with E-state index in [-0.39, 0.29) is 6.04 Å². The van der Waals surface area contributed by atoms with Crippen molar-refractivity contribution < 1.29 is 8.42 Å². The standard InChI is InChI=1S/C15H21N3O2S/c1-18-12-7-4-8-13(21(2,19)20)14(12)17-15(18)10-5-3-6-11(16)9-10/h4,7-8,10-11H,3,5-6,9,16H2,1-2H3. The molecule has 2 N–H and O–H groups in total. The molecule has 1 aromatic carbocycles. The highest BCUT2D eigenvalue weighted by Gasteiger charge is 2.26. The Hall–Kier alpha value is -1.40. The topological polar surface area (TPSA) is 78.0 Å². The molecule has 0 spiro atoms. The summed E-state index contributed by atoms with van der Waals surface area (Å²) < 4.78 is 25.9. The molecule has 0 aliphatic heterocycles. The molecule has 2 atom stereocenters. The summed E-state index contributed by atoms with van der Waals surface area (Å²) in [5.41, 5.74) is 7.52. The smallest absolute Gasteiger partial charge is 0.177 e. The number of rotatable bonds is 2. The van der Waals surface area contributed by atoms with E-state index in [0.29, 0.717) is 16.3 Å². The van der Waals surface area contributed by atoms with E-state index in [1.165, 1.54) is 6.26 Å². The maximum absolute atomic E-state index is 11.9. The quantitative estimate of drug-likeness (QED) is 0.920. The summed E-state index contributed by atoms with van der Waals surface area (Å²) in [5.74, 6) is 1.27. The fourth-order valence-electron chi connectivity index (χ4n) is 3.33. The highest BCUT2D eigenvalue weighted by Crippen LogP contribution is 2.34. The third-order valence-corrected chi connectivity index (χ3v) is 5.52. The molecule has 0 radical (unpaired) electrons. The zero-order chi connectivity index (χ0) is 15.2. The molecule has 1 aliphatic rings. The fourth-order valence-corrected chi connectivity index (χ4v) is 4.16. The van der Waals surface area contributed by atoms with Crippen LogP contribution in [-0.2, 0) is 16.9 Å². The lowest BCUT2D eigenvalue weighted by Gasteiger charge is -2.26. The number of nitrogens with zero attached hydrogens (tertiary/aromatic N) is 2. The van der Waals surface area contributed by atoms with Gasteiger partial charge >= 0.3 is 0 Å². The Balaban J connectivity index is 2.15. The van der Waals surface area contributed by atoms with Gasteiger partial charge in [0.2, 0.25) is 0 Å². The molecule has 0 amide bonds. The third kappa shape index (κ3) is 2.58. The van der Waals surface area contributed by atoms with Crippen LogP contribution >= 0.6 is 0 Å². The summed E-state index contributed by atoms with van der Waals surface area (Å²) in [6.45, 7) is 0. The van der Waals surface area contributed by atoms with Crippen LogP contribution in [0.2, 0.25) is 0 Å². The highest BCUT2D eigenvalue weighted by atomic mass is 32.2. The molecule has 1 aliphatic carbocycles. The number of aromatic nitrogens is 2. The minimum Gasteiger partial charge on any atom is -0.331 e. The second kappa shape index (κ2) is 5.10. The summed E-state index contributed by atoms with van der Waals surface area (Å²) in [7, 11) is -1.32. The lowest BCUT2D eigenvalue weighted by atomic mass is 9.85. The monoisotopic (exact) mass is 307 g/mol. The van der Waals surface area contributed by atoms with Gasteiger partial charge in [0.15, 0.2) is 9.84 Å². The first-order valence-corrected chi connectivity index (χ1v) is 9.18. The Bertz CT molecular complexity index is 780. The second-order valence-electron chi connectivity index (χ2n) is 6.05. The minimum absolute atomic E-state index is 0.220. The Kier molecular flexibility index (Phi) is 3.53. The van der Waals surface area contributed by atoms with Crippen molar-refractivity contribution in [1.29, 1.82) is 0 Å². The SMILES string of the molecule is Cn1c(C2CCCC(N)C2)nc2c(S(C)(=O)=O)cccc21. The van der Waals surface area contributed by atoms with Gasteiger partial charge in [-0.2, -0.15) is 0 Å². The normalized spacial score (nSPS) is 23.6. The van der Waals surface area contributed by atoms with E-state index >= 15 is 0 Å². The van der Waals surface area contributed by atoms with E-state index in [1.54, 1.807) is 12.1 Å². The first-order chi connectivity index (χ1) is 9.88. The number of hydrogen-bond acceptors (Lipinski definition) is 4. The first-order valence-electron chi connectivity index (χ1n) is 7.29. The maximum atomic E-state index is 11.9. The van der Waals surface area contributed by atoms with Crippen molar-refractivity contribution in [3.63, 3.8) is 0 Å². The van der Waals surface area contributed by atoms with Gasteiger partial charge in [-0.3, -0.25) is 0 Å². The minimum atomic E-state index is -3.27. The van der Waals surface area contributed by atoms with Crippen molar-refractivity contribution in [2.24, 2.45) is 12.8 Å². The number of imidazole rings is 1. The molecule has 114 valence electrons. The number of aryl methyl sites for hydroxylation is 1. The average molecular weight is 307 g/mol. The Morgan fingerprint density at radius 2 is 2.10 bits per heavy atom. The fraction of sp³-hybridized carbons (Fsp3) is 0.533.